The molecular weight excluding hydrogens is 471 g/mol. The quantitative estimate of drug-likeness (QED) is 0.303. The summed E-state index contributed by atoms with van der Waals surface area (Å²) in [5.74, 6) is 2.02. The maximum absolute atomic E-state index is 11.7. The van der Waals surface area contributed by atoms with Gasteiger partial charge < -0.3 is 16.0 Å². The number of benzene rings is 1. The Morgan fingerprint density at radius 3 is 2.85 bits per heavy atom. The molecule has 0 heterocycles. The number of hydrogen-bond donors (Lipinski definition) is 3. The zero-order valence-corrected chi connectivity index (χ0v) is 19.7. The third-order valence-electron chi connectivity index (χ3n) is 4.72. The van der Waals surface area contributed by atoms with E-state index in [1.165, 1.54) is 31.4 Å². The van der Waals surface area contributed by atoms with Crippen LogP contribution in [-0.4, -0.2) is 49.6 Å². The topological polar surface area (TPSA) is 65.5 Å². The second-order valence-electron chi connectivity index (χ2n) is 6.61. The lowest BCUT2D eigenvalue weighted by atomic mass is 9.95. The number of carbonyl (C=O) groups is 1. The van der Waals surface area contributed by atoms with Crippen LogP contribution < -0.4 is 16.0 Å². The van der Waals surface area contributed by atoms with Crippen LogP contribution in [0, 0.1) is 0 Å². The van der Waals surface area contributed by atoms with Gasteiger partial charge in [-0.3, -0.25) is 9.79 Å². The Kier molecular flexibility index (Phi) is 11.8. The second kappa shape index (κ2) is 13.3. The number of rotatable bonds is 7. The van der Waals surface area contributed by atoms with Gasteiger partial charge in [0.05, 0.1) is 0 Å². The molecule has 1 aliphatic carbocycles. The van der Waals surface area contributed by atoms with Gasteiger partial charge in [0, 0.05) is 37.5 Å². The first-order valence-corrected chi connectivity index (χ1v) is 10.6. The van der Waals surface area contributed by atoms with Crippen molar-refractivity contribution >= 4 is 47.6 Å². The summed E-state index contributed by atoms with van der Waals surface area (Å²) in [5.41, 5.74) is 1.85. The van der Waals surface area contributed by atoms with Gasteiger partial charge in [-0.25, -0.2) is 0 Å². The maximum Gasteiger partial charge on any atom is 0.251 e. The van der Waals surface area contributed by atoms with E-state index in [0.29, 0.717) is 11.6 Å². The molecule has 152 valence electrons. The van der Waals surface area contributed by atoms with Crippen LogP contribution in [0.3, 0.4) is 0 Å². The molecule has 1 aromatic rings. The van der Waals surface area contributed by atoms with Gasteiger partial charge in [-0.15, -0.1) is 24.0 Å². The number of thioether (sulfide) groups is 1. The highest BCUT2D eigenvalue weighted by Crippen LogP contribution is 2.28. The SMILES string of the molecule is CCSC1CCCC(NC(=NC)NCCc2cccc(C(=O)NC)c2)C1.I. The third-order valence-corrected chi connectivity index (χ3v) is 5.95. The van der Waals surface area contributed by atoms with Crippen LogP contribution >= 0.6 is 35.7 Å². The molecule has 1 aromatic carbocycles. The predicted octanol–water partition coefficient (Wildman–Crippen LogP) is 3.44. The molecule has 0 aromatic heterocycles. The van der Waals surface area contributed by atoms with Crippen molar-refractivity contribution in [2.75, 3.05) is 26.4 Å². The summed E-state index contributed by atoms with van der Waals surface area (Å²) >= 11 is 2.08. The predicted molar refractivity (Wildman–Crippen MR) is 128 cm³/mol. The molecule has 2 unspecified atom stereocenters. The van der Waals surface area contributed by atoms with Crippen molar-refractivity contribution in [2.45, 2.75) is 50.3 Å². The van der Waals surface area contributed by atoms with Crippen molar-refractivity contribution in [3.8, 4) is 0 Å². The molecule has 0 radical (unpaired) electrons. The van der Waals surface area contributed by atoms with Gasteiger partial charge in [-0.1, -0.05) is 25.5 Å². The minimum atomic E-state index is -0.0471. The summed E-state index contributed by atoms with van der Waals surface area (Å²) in [6, 6.07) is 8.28. The van der Waals surface area contributed by atoms with Crippen LogP contribution in [0.2, 0.25) is 0 Å². The number of halogens is 1. The average molecular weight is 504 g/mol. The summed E-state index contributed by atoms with van der Waals surface area (Å²) in [4.78, 5) is 16.1. The number of carbonyl (C=O) groups excluding carboxylic acids is 1. The van der Waals surface area contributed by atoms with E-state index in [-0.39, 0.29) is 29.9 Å². The number of nitrogens with one attached hydrogen (secondary N) is 3. The monoisotopic (exact) mass is 504 g/mol. The molecular formula is C20H33IN4OS. The first-order chi connectivity index (χ1) is 12.7. The number of guanidine groups is 1. The molecule has 0 aliphatic heterocycles. The van der Waals surface area contributed by atoms with Crippen molar-refractivity contribution in [3.05, 3.63) is 35.4 Å². The lowest BCUT2D eigenvalue weighted by Gasteiger charge is -2.30. The van der Waals surface area contributed by atoms with Crippen molar-refractivity contribution in [2.24, 2.45) is 4.99 Å². The van der Waals surface area contributed by atoms with E-state index in [0.717, 1.165) is 29.7 Å². The smallest absolute Gasteiger partial charge is 0.251 e. The molecule has 0 spiro atoms. The average Bonchev–Trinajstić information content (AvgIpc) is 2.67. The largest absolute Gasteiger partial charge is 0.356 e. The normalized spacial score (nSPS) is 19.7. The highest BCUT2D eigenvalue weighted by Gasteiger charge is 2.22. The third kappa shape index (κ3) is 8.29. The van der Waals surface area contributed by atoms with E-state index in [1.807, 2.05) is 25.2 Å². The van der Waals surface area contributed by atoms with Crippen LogP contribution in [-0.2, 0) is 6.42 Å². The van der Waals surface area contributed by atoms with Gasteiger partial charge in [0.2, 0.25) is 0 Å². The van der Waals surface area contributed by atoms with Crippen LogP contribution in [0.5, 0.6) is 0 Å². The minimum Gasteiger partial charge on any atom is -0.356 e. The molecule has 7 heteroatoms. The van der Waals surface area contributed by atoms with E-state index in [2.05, 4.69) is 45.7 Å². The van der Waals surface area contributed by atoms with Crippen molar-refractivity contribution in [1.29, 1.82) is 0 Å². The fourth-order valence-electron chi connectivity index (χ4n) is 3.39. The van der Waals surface area contributed by atoms with E-state index < -0.39 is 0 Å². The van der Waals surface area contributed by atoms with Crippen molar-refractivity contribution in [1.82, 2.24) is 16.0 Å². The number of aliphatic imine (C=N–C) groups is 1. The zero-order valence-electron chi connectivity index (χ0n) is 16.6. The summed E-state index contributed by atoms with van der Waals surface area (Å²) in [5, 5.41) is 10.4. The Hall–Kier alpha value is -0.960. The minimum absolute atomic E-state index is 0. The molecule has 1 fully saturated rings. The Labute approximate surface area is 185 Å². The van der Waals surface area contributed by atoms with E-state index in [1.54, 1.807) is 7.05 Å². The van der Waals surface area contributed by atoms with Gasteiger partial charge in [0.25, 0.3) is 5.91 Å². The number of hydrogen-bond acceptors (Lipinski definition) is 3. The molecule has 0 saturated heterocycles. The molecule has 2 atom stereocenters. The van der Waals surface area contributed by atoms with Gasteiger partial charge in [0.1, 0.15) is 0 Å². The van der Waals surface area contributed by atoms with Gasteiger partial charge in [-0.2, -0.15) is 11.8 Å². The summed E-state index contributed by atoms with van der Waals surface area (Å²) in [6.07, 6.45) is 5.91. The number of nitrogens with zero attached hydrogens (tertiary/aromatic N) is 1. The van der Waals surface area contributed by atoms with Crippen LogP contribution in [0.25, 0.3) is 0 Å². The van der Waals surface area contributed by atoms with E-state index in [9.17, 15) is 4.79 Å². The second-order valence-corrected chi connectivity index (χ2v) is 8.19. The maximum atomic E-state index is 11.7. The highest BCUT2D eigenvalue weighted by atomic mass is 127. The van der Waals surface area contributed by atoms with Gasteiger partial charge in [0.15, 0.2) is 5.96 Å². The zero-order chi connectivity index (χ0) is 18.8. The van der Waals surface area contributed by atoms with E-state index in [4.69, 9.17) is 0 Å². The lowest BCUT2D eigenvalue weighted by molar-refractivity contribution is 0.0963. The Morgan fingerprint density at radius 2 is 2.15 bits per heavy atom. The Balaban J connectivity index is 0.00000364. The molecule has 3 N–H and O–H groups in total. The summed E-state index contributed by atoms with van der Waals surface area (Å²) < 4.78 is 0. The molecule has 0 bridgehead atoms. The highest BCUT2D eigenvalue weighted by molar-refractivity contribution is 14.0. The van der Waals surface area contributed by atoms with Crippen LogP contribution in [0.4, 0.5) is 0 Å². The number of amides is 1. The van der Waals surface area contributed by atoms with Gasteiger partial charge >= 0.3 is 0 Å². The molecule has 2 rings (SSSR count). The molecule has 1 amide bonds. The first-order valence-electron chi connectivity index (χ1n) is 9.56. The summed E-state index contributed by atoms with van der Waals surface area (Å²) in [7, 11) is 3.48. The Morgan fingerprint density at radius 1 is 1.33 bits per heavy atom. The van der Waals surface area contributed by atoms with Gasteiger partial charge in [-0.05, 0) is 49.1 Å². The Bertz CT molecular complexity index is 609. The standard InChI is InChI=1S/C20H32N4OS.HI/c1-4-26-18-10-6-9-17(14-18)24-20(22-3)23-12-11-15-7-5-8-16(13-15)19(25)21-2;/h5,7-8,13,17-18H,4,6,9-12,14H2,1-3H3,(H,21,25)(H2,22,23,24);1H. The van der Waals surface area contributed by atoms with E-state index >= 15 is 0 Å². The van der Waals surface area contributed by atoms with Crippen LogP contribution in [0.1, 0.15) is 48.5 Å². The lowest BCUT2D eigenvalue weighted by Crippen LogP contribution is -2.46. The molecule has 27 heavy (non-hydrogen) atoms. The molecule has 1 aliphatic rings. The molecule has 1 saturated carbocycles. The molecule has 5 nitrogen and oxygen atoms in total. The first kappa shape index (κ1) is 24.1. The fourth-order valence-corrected chi connectivity index (χ4v) is 4.56. The van der Waals surface area contributed by atoms with Crippen molar-refractivity contribution in [3.63, 3.8) is 0 Å². The fraction of sp³-hybridized carbons (Fsp3) is 0.600. The van der Waals surface area contributed by atoms with Crippen molar-refractivity contribution < 1.29 is 4.79 Å². The van der Waals surface area contributed by atoms with Crippen LogP contribution in [0.15, 0.2) is 29.3 Å². The summed E-state index contributed by atoms with van der Waals surface area (Å²) in [6.45, 7) is 3.03.